The largest absolute Gasteiger partial charge is 0.369 e. The van der Waals surface area contributed by atoms with E-state index in [-0.39, 0.29) is 0 Å². The maximum atomic E-state index is 6.29. The van der Waals surface area contributed by atoms with Crippen LogP contribution >= 0.6 is 23.2 Å². The number of halogens is 2. The fourth-order valence-corrected chi connectivity index (χ4v) is 2.93. The molecule has 0 saturated carbocycles. The van der Waals surface area contributed by atoms with Crippen molar-refractivity contribution in [1.29, 1.82) is 0 Å². The topological polar surface area (TPSA) is 19.4 Å². The van der Waals surface area contributed by atoms with Crippen molar-refractivity contribution in [2.24, 2.45) is 0 Å². The maximum Gasteiger partial charge on any atom is 0.0738 e. The van der Waals surface area contributed by atoms with Gasteiger partial charge in [-0.2, -0.15) is 0 Å². The summed E-state index contributed by atoms with van der Waals surface area (Å²) in [6.45, 7) is 4.22. The minimum atomic E-state index is 0.556. The molecule has 1 fully saturated rings. The van der Waals surface area contributed by atoms with Crippen LogP contribution in [-0.4, -0.2) is 43.1 Å². The number of hydrogen-bond donors (Lipinski definition) is 0. The van der Waals surface area contributed by atoms with Crippen LogP contribution in [0.3, 0.4) is 0 Å². The van der Waals surface area contributed by atoms with E-state index < -0.39 is 0 Å². The van der Waals surface area contributed by atoms with Gasteiger partial charge in [-0.05, 0) is 25.2 Å². The van der Waals surface area contributed by atoms with Crippen LogP contribution in [0.25, 0.3) is 11.3 Å². The highest BCUT2D eigenvalue weighted by atomic mass is 35.5. The average molecular weight is 322 g/mol. The van der Waals surface area contributed by atoms with Gasteiger partial charge in [0.15, 0.2) is 0 Å². The Morgan fingerprint density at radius 3 is 2.57 bits per heavy atom. The van der Waals surface area contributed by atoms with Gasteiger partial charge >= 0.3 is 0 Å². The quantitative estimate of drug-likeness (QED) is 0.838. The fourth-order valence-electron chi connectivity index (χ4n) is 2.53. The minimum Gasteiger partial charge on any atom is -0.369 e. The van der Waals surface area contributed by atoms with Crippen molar-refractivity contribution >= 4 is 28.9 Å². The van der Waals surface area contributed by atoms with Crippen molar-refractivity contribution in [2.45, 2.75) is 0 Å². The number of anilines is 1. The Morgan fingerprint density at radius 2 is 1.81 bits per heavy atom. The highest BCUT2D eigenvalue weighted by Gasteiger charge is 2.15. The molecule has 0 spiro atoms. The Hall–Kier alpha value is -1.29. The summed E-state index contributed by atoms with van der Waals surface area (Å²) in [6, 6.07) is 9.77. The van der Waals surface area contributed by atoms with Crippen molar-refractivity contribution in [2.75, 3.05) is 38.1 Å². The first kappa shape index (κ1) is 14.6. The smallest absolute Gasteiger partial charge is 0.0738 e. The molecule has 21 heavy (non-hydrogen) atoms. The predicted molar refractivity (Wildman–Crippen MR) is 89.4 cm³/mol. The summed E-state index contributed by atoms with van der Waals surface area (Å²) in [5.74, 6) is 0. The van der Waals surface area contributed by atoms with Crippen molar-refractivity contribution in [3.8, 4) is 11.3 Å². The van der Waals surface area contributed by atoms with Gasteiger partial charge in [-0.25, -0.2) is 0 Å². The summed E-state index contributed by atoms with van der Waals surface area (Å²) < 4.78 is 0. The fraction of sp³-hybridized carbons (Fsp3) is 0.312. The number of likely N-dealkylation sites (N-methyl/N-ethyl adjacent to an activating group) is 1. The maximum absolute atomic E-state index is 6.29. The van der Waals surface area contributed by atoms with E-state index in [4.69, 9.17) is 23.2 Å². The van der Waals surface area contributed by atoms with Crippen LogP contribution in [0.4, 0.5) is 5.69 Å². The van der Waals surface area contributed by atoms with E-state index >= 15 is 0 Å². The summed E-state index contributed by atoms with van der Waals surface area (Å²) in [5, 5.41) is 1.11. The third kappa shape index (κ3) is 3.15. The predicted octanol–water partition coefficient (Wildman–Crippen LogP) is 3.81. The number of pyridine rings is 1. The number of hydrogen-bond acceptors (Lipinski definition) is 3. The Bertz CT molecular complexity index is 637. The van der Waals surface area contributed by atoms with Crippen molar-refractivity contribution in [3.63, 3.8) is 0 Å². The summed E-state index contributed by atoms with van der Waals surface area (Å²) in [5.41, 5.74) is 2.92. The molecule has 2 heterocycles. The second kappa shape index (κ2) is 6.22. The molecule has 3 rings (SSSR count). The number of piperazine rings is 1. The molecule has 1 aromatic carbocycles. The van der Waals surface area contributed by atoms with Crippen LogP contribution in [0.5, 0.6) is 0 Å². The summed E-state index contributed by atoms with van der Waals surface area (Å²) >= 11 is 12.4. The van der Waals surface area contributed by atoms with Crippen LogP contribution in [0.2, 0.25) is 10.0 Å². The molecule has 3 nitrogen and oxygen atoms in total. The summed E-state index contributed by atoms with van der Waals surface area (Å²) in [7, 11) is 2.15. The number of benzene rings is 1. The van der Waals surface area contributed by atoms with E-state index in [2.05, 4.69) is 27.9 Å². The Balaban J connectivity index is 1.91. The molecular formula is C16H17Cl2N3. The molecule has 1 aliphatic heterocycles. The molecule has 0 amide bonds. The Labute approximate surface area is 135 Å². The molecule has 0 bridgehead atoms. The molecule has 1 aromatic heterocycles. The highest BCUT2D eigenvalue weighted by molar-refractivity contribution is 6.43. The van der Waals surface area contributed by atoms with E-state index in [1.54, 1.807) is 6.07 Å². The highest BCUT2D eigenvalue weighted by Crippen LogP contribution is 2.33. The third-order valence-electron chi connectivity index (χ3n) is 3.84. The number of aromatic nitrogens is 1. The lowest BCUT2D eigenvalue weighted by Crippen LogP contribution is -2.44. The zero-order chi connectivity index (χ0) is 14.8. The van der Waals surface area contributed by atoms with E-state index in [0.29, 0.717) is 10.0 Å². The molecule has 0 N–H and O–H groups in total. The Kier molecular flexibility index (Phi) is 4.34. The molecule has 0 unspecified atom stereocenters. The van der Waals surface area contributed by atoms with Crippen LogP contribution < -0.4 is 4.90 Å². The molecular weight excluding hydrogens is 305 g/mol. The average Bonchev–Trinajstić information content (AvgIpc) is 2.51. The van der Waals surface area contributed by atoms with E-state index in [0.717, 1.165) is 37.4 Å². The first-order valence-corrected chi connectivity index (χ1v) is 7.74. The van der Waals surface area contributed by atoms with Crippen LogP contribution in [-0.2, 0) is 0 Å². The molecule has 0 atom stereocenters. The van der Waals surface area contributed by atoms with Gasteiger partial charge in [-0.1, -0.05) is 35.3 Å². The lowest BCUT2D eigenvalue weighted by Gasteiger charge is -2.34. The number of nitrogens with zero attached hydrogens (tertiary/aromatic N) is 3. The van der Waals surface area contributed by atoms with Crippen molar-refractivity contribution in [1.82, 2.24) is 9.88 Å². The second-order valence-electron chi connectivity index (χ2n) is 5.29. The third-order valence-corrected chi connectivity index (χ3v) is 4.66. The Morgan fingerprint density at radius 1 is 1.05 bits per heavy atom. The van der Waals surface area contributed by atoms with Gasteiger partial charge in [-0.3, -0.25) is 4.98 Å². The van der Waals surface area contributed by atoms with E-state index in [9.17, 15) is 0 Å². The van der Waals surface area contributed by atoms with Crippen molar-refractivity contribution < 1.29 is 0 Å². The first-order chi connectivity index (χ1) is 10.1. The van der Waals surface area contributed by atoms with Crippen LogP contribution in [0.1, 0.15) is 0 Å². The first-order valence-electron chi connectivity index (χ1n) is 6.99. The molecule has 1 saturated heterocycles. The van der Waals surface area contributed by atoms with Gasteiger partial charge in [0.2, 0.25) is 0 Å². The monoisotopic (exact) mass is 321 g/mol. The minimum absolute atomic E-state index is 0.556. The zero-order valence-electron chi connectivity index (χ0n) is 11.9. The summed E-state index contributed by atoms with van der Waals surface area (Å²) in [4.78, 5) is 9.16. The van der Waals surface area contributed by atoms with Crippen LogP contribution in [0.15, 0.2) is 36.5 Å². The second-order valence-corrected chi connectivity index (χ2v) is 6.08. The summed E-state index contributed by atoms with van der Waals surface area (Å²) in [6.07, 6.45) is 1.83. The molecule has 2 aromatic rings. The molecule has 1 aliphatic rings. The van der Waals surface area contributed by atoms with Gasteiger partial charge in [0.05, 0.1) is 15.7 Å². The van der Waals surface area contributed by atoms with E-state index in [1.807, 2.05) is 24.4 Å². The van der Waals surface area contributed by atoms with Gasteiger partial charge in [-0.15, -0.1) is 0 Å². The molecule has 0 aliphatic carbocycles. The van der Waals surface area contributed by atoms with E-state index in [1.165, 1.54) is 5.69 Å². The number of rotatable bonds is 2. The van der Waals surface area contributed by atoms with Gasteiger partial charge in [0, 0.05) is 43.6 Å². The zero-order valence-corrected chi connectivity index (χ0v) is 13.4. The lowest BCUT2D eigenvalue weighted by molar-refractivity contribution is 0.313. The van der Waals surface area contributed by atoms with Gasteiger partial charge in [0.25, 0.3) is 0 Å². The van der Waals surface area contributed by atoms with Gasteiger partial charge < -0.3 is 9.80 Å². The molecule has 110 valence electrons. The lowest BCUT2D eigenvalue weighted by atomic mass is 10.1. The standard InChI is InChI=1S/C16H17Cl2N3/c1-20-7-9-21(10-8-20)12-5-6-19-15(11-12)13-3-2-4-14(17)16(13)18/h2-6,11H,7-10H2,1H3. The van der Waals surface area contributed by atoms with Crippen LogP contribution in [0, 0.1) is 0 Å². The van der Waals surface area contributed by atoms with Crippen molar-refractivity contribution in [3.05, 3.63) is 46.6 Å². The molecule has 0 radical (unpaired) electrons. The normalized spacial score (nSPS) is 16.2. The molecule has 5 heteroatoms. The SMILES string of the molecule is CN1CCN(c2ccnc(-c3cccc(Cl)c3Cl)c2)CC1. The van der Waals surface area contributed by atoms with Gasteiger partial charge in [0.1, 0.15) is 0 Å².